The van der Waals surface area contributed by atoms with Gasteiger partial charge >= 0.3 is 6.18 Å². The third kappa shape index (κ3) is 3.11. The number of nitrogens with zero attached hydrogens (tertiary/aromatic N) is 2. The smallest absolute Gasteiger partial charge is 0.392 e. The molecule has 3 rings (SSSR count). The van der Waals surface area contributed by atoms with Crippen molar-refractivity contribution in [2.45, 2.75) is 30.6 Å². The number of halogens is 3. The van der Waals surface area contributed by atoms with E-state index in [1.54, 1.807) is 30.6 Å². The normalized spacial score (nSPS) is 25.1. The van der Waals surface area contributed by atoms with Crippen LogP contribution in [0.25, 0.3) is 10.2 Å². The SMILES string of the molecule is CCCNC1(CO)N=C(C(F)(F)F)C=CC1(C(N)=O)c1ccc2scnc2c1. The van der Waals surface area contributed by atoms with Crippen LogP contribution < -0.4 is 11.1 Å². The Morgan fingerprint density at radius 3 is 2.75 bits per heavy atom. The summed E-state index contributed by atoms with van der Waals surface area (Å²) >= 11 is 1.39. The lowest BCUT2D eigenvalue weighted by Crippen LogP contribution is -2.68. The number of nitrogens with two attached hydrogens (primary N) is 1. The molecule has 0 saturated carbocycles. The molecule has 28 heavy (non-hydrogen) atoms. The summed E-state index contributed by atoms with van der Waals surface area (Å²) in [6.45, 7) is 1.16. The Labute approximate surface area is 163 Å². The van der Waals surface area contributed by atoms with Gasteiger partial charge in [-0.3, -0.25) is 15.1 Å². The number of primary amides is 1. The van der Waals surface area contributed by atoms with Crippen LogP contribution in [0.4, 0.5) is 13.2 Å². The molecule has 0 saturated heterocycles. The molecule has 1 amide bonds. The highest BCUT2D eigenvalue weighted by molar-refractivity contribution is 7.16. The Kier molecular flexibility index (Phi) is 5.30. The summed E-state index contributed by atoms with van der Waals surface area (Å²) in [6, 6.07) is 4.90. The van der Waals surface area contributed by atoms with Gasteiger partial charge in [0.15, 0.2) is 5.66 Å². The second-order valence-electron chi connectivity index (χ2n) is 6.48. The van der Waals surface area contributed by atoms with Gasteiger partial charge in [0.1, 0.15) is 11.1 Å². The number of thiazole rings is 1. The van der Waals surface area contributed by atoms with Gasteiger partial charge in [-0.25, -0.2) is 4.98 Å². The zero-order valence-corrected chi connectivity index (χ0v) is 15.8. The first-order valence-electron chi connectivity index (χ1n) is 8.56. The van der Waals surface area contributed by atoms with Gasteiger partial charge in [-0.05, 0) is 36.7 Å². The lowest BCUT2D eigenvalue weighted by atomic mass is 9.67. The maximum atomic E-state index is 13.3. The molecule has 0 bridgehead atoms. The molecule has 150 valence electrons. The zero-order valence-electron chi connectivity index (χ0n) is 15.0. The van der Waals surface area contributed by atoms with Crippen LogP contribution in [0.3, 0.4) is 0 Å². The van der Waals surface area contributed by atoms with Crippen molar-refractivity contribution in [3.05, 3.63) is 41.4 Å². The van der Waals surface area contributed by atoms with Crippen molar-refractivity contribution in [1.29, 1.82) is 0 Å². The molecular formula is C18H19F3N4O2S. The van der Waals surface area contributed by atoms with E-state index in [4.69, 9.17) is 5.73 Å². The van der Waals surface area contributed by atoms with E-state index in [1.807, 2.05) is 0 Å². The average Bonchev–Trinajstić information content (AvgIpc) is 3.12. The molecule has 1 aromatic carbocycles. The average molecular weight is 412 g/mol. The monoisotopic (exact) mass is 412 g/mol. The van der Waals surface area contributed by atoms with E-state index in [0.29, 0.717) is 17.5 Å². The Hall–Kier alpha value is -2.30. The molecule has 1 aliphatic rings. The molecule has 4 N–H and O–H groups in total. The molecule has 1 aliphatic heterocycles. The molecule has 1 aromatic heterocycles. The van der Waals surface area contributed by atoms with E-state index in [-0.39, 0.29) is 6.54 Å². The number of amides is 1. The summed E-state index contributed by atoms with van der Waals surface area (Å²) in [6.07, 6.45) is -2.38. The topological polar surface area (TPSA) is 101 Å². The molecular weight excluding hydrogens is 393 g/mol. The van der Waals surface area contributed by atoms with Gasteiger partial charge in [-0.1, -0.05) is 19.1 Å². The first-order valence-corrected chi connectivity index (χ1v) is 9.44. The number of hydrogen-bond acceptors (Lipinski definition) is 6. The molecule has 0 fully saturated rings. The van der Waals surface area contributed by atoms with Crippen LogP contribution >= 0.6 is 11.3 Å². The fourth-order valence-corrected chi connectivity index (χ4v) is 4.08. The summed E-state index contributed by atoms with van der Waals surface area (Å²) in [7, 11) is 0. The Bertz CT molecular complexity index is 956. The number of hydrogen-bond donors (Lipinski definition) is 3. The molecule has 0 spiro atoms. The second-order valence-corrected chi connectivity index (χ2v) is 7.37. The first-order chi connectivity index (χ1) is 13.2. The van der Waals surface area contributed by atoms with Crippen molar-refractivity contribution in [1.82, 2.24) is 10.3 Å². The number of dihydropyridines is 1. The van der Waals surface area contributed by atoms with Crippen molar-refractivity contribution >= 4 is 33.2 Å². The van der Waals surface area contributed by atoms with Gasteiger partial charge in [0.25, 0.3) is 0 Å². The van der Waals surface area contributed by atoms with Crippen molar-refractivity contribution in [3.8, 4) is 0 Å². The van der Waals surface area contributed by atoms with E-state index in [1.165, 1.54) is 11.3 Å². The number of fused-ring (bicyclic) bond motifs is 1. The Morgan fingerprint density at radius 1 is 1.39 bits per heavy atom. The summed E-state index contributed by atoms with van der Waals surface area (Å²) in [5, 5.41) is 13.0. The van der Waals surface area contributed by atoms with Gasteiger partial charge in [0.05, 0.1) is 22.3 Å². The molecule has 2 unspecified atom stereocenters. The minimum absolute atomic E-state index is 0.219. The van der Waals surface area contributed by atoms with Crippen LogP contribution in [-0.2, 0) is 10.2 Å². The fraction of sp³-hybridized carbons (Fsp3) is 0.389. The Balaban J connectivity index is 2.28. The van der Waals surface area contributed by atoms with Gasteiger partial charge in [0, 0.05) is 0 Å². The number of aliphatic hydroxyl groups is 1. The highest BCUT2D eigenvalue weighted by Gasteiger charge is 2.58. The summed E-state index contributed by atoms with van der Waals surface area (Å²) in [4.78, 5) is 20.7. The molecule has 2 atom stereocenters. The summed E-state index contributed by atoms with van der Waals surface area (Å²) in [5.41, 5.74) is 3.19. The fourth-order valence-electron chi connectivity index (χ4n) is 3.42. The van der Waals surface area contributed by atoms with Crippen molar-refractivity contribution in [3.63, 3.8) is 0 Å². The van der Waals surface area contributed by atoms with Crippen LogP contribution in [-0.4, -0.2) is 46.7 Å². The molecule has 0 aliphatic carbocycles. The number of rotatable bonds is 6. The molecule has 2 heterocycles. The van der Waals surface area contributed by atoms with Gasteiger partial charge in [0.2, 0.25) is 5.91 Å². The van der Waals surface area contributed by atoms with Crippen LogP contribution in [0, 0.1) is 0 Å². The number of nitrogens with one attached hydrogen (secondary N) is 1. The number of aliphatic imine (C=N–C) groups is 1. The largest absolute Gasteiger partial charge is 0.432 e. The van der Waals surface area contributed by atoms with E-state index in [0.717, 1.165) is 16.9 Å². The first kappa shape index (κ1) is 20.4. The highest BCUT2D eigenvalue weighted by atomic mass is 32.1. The summed E-state index contributed by atoms with van der Waals surface area (Å²) in [5.74, 6) is -0.930. The number of carbonyl (C=O) groups is 1. The second kappa shape index (κ2) is 7.26. The molecule has 10 heteroatoms. The molecule has 6 nitrogen and oxygen atoms in total. The van der Waals surface area contributed by atoms with Crippen molar-refractivity contribution in [2.24, 2.45) is 10.7 Å². The van der Waals surface area contributed by atoms with Gasteiger partial charge < -0.3 is 10.8 Å². The lowest BCUT2D eigenvalue weighted by molar-refractivity contribution is -0.126. The van der Waals surface area contributed by atoms with Crippen molar-refractivity contribution in [2.75, 3.05) is 13.2 Å². The molecule has 2 aromatic rings. The predicted molar refractivity (Wildman–Crippen MR) is 101 cm³/mol. The maximum absolute atomic E-state index is 13.3. The standard InChI is InChI=1S/C18H19F3N4O2S/c1-2-7-24-17(9-26)16(15(22)27,6-5-14(25-17)18(19,20)21)11-3-4-13-12(8-11)23-10-28-13/h3-6,8,10,24,26H,2,7,9H2,1H3,(H2,22,27). The number of carbonyl (C=O) groups excluding carboxylic acids is 1. The Morgan fingerprint density at radius 2 is 2.14 bits per heavy atom. The third-order valence-electron chi connectivity index (χ3n) is 4.82. The van der Waals surface area contributed by atoms with E-state index >= 15 is 0 Å². The number of aliphatic hydroxyl groups excluding tert-OH is 1. The van der Waals surface area contributed by atoms with E-state index in [2.05, 4.69) is 15.3 Å². The zero-order chi connectivity index (χ0) is 20.6. The van der Waals surface area contributed by atoms with Crippen LogP contribution in [0.15, 0.2) is 40.9 Å². The van der Waals surface area contributed by atoms with E-state index < -0.39 is 35.5 Å². The van der Waals surface area contributed by atoms with Crippen molar-refractivity contribution < 1.29 is 23.1 Å². The summed E-state index contributed by atoms with van der Waals surface area (Å²) < 4.78 is 40.9. The number of allylic oxidation sites excluding steroid dienone is 1. The highest BCUT2D eigenvalue weighted by Crippen LogP contribution is 2.43. The predicted octanol–water partition coefficient (Wildman–Crippen LogP) is 2.28. The van der Waals surface area contributed by atoms with E-state index in [9.17, 15) is 23.1 Å². The third-order valence-corrected chi connectivity index (χ3v) is 5.63. The number of aromatic nitrogens is 1. The quantitative estimate of drug-likeness (QED) is 0.678. The van der Waals surface area contributed by atoms with Crippen LogP contribution in [0.5, 0.6) is 0 Å². The van der Waals surface area contributed by atoms with Gasteiger partial charge in [-0.15, -0.1) is 11.3 Å². The lowest BCUT2D eigenvalue weighted by Gasteiger charge is -2.46. The number of benzene rings is 1. The number of alkyl halides is 3. The molecule has 0 radical (unpaired) electrons. The maximum Gasteiger partial charge on any atom is 0.432 e. The van der Waals surface area contributed by atoms with Gasteiger partial charge in [-0.2, -0.15) is 13.2 Å². The minimum Gasteiger partial charge on any atom is -0.392 e. The minimum atomic E-state index is -4.74. The van der Waals surface area contributed by atoms with Crippen LogP contribution in [0.1, 0.15) is 18.9 Å². The van der Waals surface area contributed by atoms with Crippen LogP contribution in [0.2, 0.25) is 0 Å².